The summed E-state index contributed by atoms with van der Waals surface area (Å²) < 4.78 is 0.715. The second-order valence-electron chi connectivity index (χ2n) is 5.00. The number of nitrogens with one attached hydrogen (secondary N) is 1. The molecule has 1 aromatic heterocycles. The molecule has 0 radical (unpaired) electrons. The largest absolute Gasteiger partial charge is 0.344 e. The fourth-order valence-electron chi connectivity index (χ4n) is 2.08. The number of carbonyl (C=O) groups is 2. The Kier molecular flexibility index (Phi) is 4.47. The first kappa shape index (κ1) is 14.3. The Morgan fingerprint density at radius 1 is 1.47 bits per heavy atom. The molecular weight excluding hydrogens is 284 g/mol. The molecule has 0 aromatic carbocycles. The number of halogens is 1. The molecular formula is C13H17ClN2O2S. The Balaban J connectivity index is 2.14. The van der Waals surface area contributed by atoms with E-state index >= 15 is 0 Å². The van der Waals surface area contributed by atoms with E-state index in [4.69, 9.17) is 11.6 Å². The van der Waals surface area contributed by atoms with E-state index in [-0.39, 0.29) is 17.7 Å². The SMILES string of the molecule is CC(C)C1NC(=O)CCN(Cc2ccc(Cl)s2)C1=O. The minimum Gasteiger partial charge on any atom is -0.344 e. The van der Waals surface area contributed by atoms with Gasteiger partial charge in [0, 0.05) is 17.8 Å². The fourth-order valence-corrected chi connectivity index (χ4v) is 3.19. The number of rotatable bonds is 3. The van der Waals surface area contributed by atoms with Crippen LogP contribution in [0.15, 0.2) is 12.1 Å². The molecule has 2 heterocycles. The molecule has 0 bridgehead atoms. The quantitative estimate of drug-likeness (QED) is 0.931. The number of carbonyl (C=O) groups excluding carboxylic acids is 2. The minimum atomic E-state index is -0.426. The van der Waals surface area contributed by atoms with Gasteiger partial charge in [0.1, 0.15) is 6.04 Å². The molecule has 2 rings (SSSR count). The Hall–Kier alpha value is -1.07. The van der Waals surface area contributed by atoms with Gasteiger partial charge in [-0.2, -0.15) is 0 Å². The third-order valence-corrected chi connectivity index (χ3v) is 4.36. The van der Waals surface area contributed by atoms with Crippen molar-refractivity contribution in [1.29, 1.82) is 0 Å². The standard InChI is InChI=1S/C13H17ClN2O2S/c1-8(2)12-13(18)16(6-5-11(17)15-12)7-9-3-4-10(14)19-9/h3-4,8,12H,5-7H2,1-2H3,(H,15,17). The van der Waals surface area contributed by atoms with Gasteiger partial charge in [0.2, 0.25) is 11.8 Å². The van der Waals surface area contributed by atoms with Crippen LogP contribution in [0.3, 0.4) is 0 Å². The Labute approximate surface area is 121 Å². The summed E-state index contributed by atoms with van der Waals surface area (Å²) in [4.78, 5) is 26.8. The van der Waals surface area contributed by atoms with Crippen molar-refractivity contribution < 1.29 is 9.59 Å². The second kappa shape index (κ2) is 5.92. The predicted octanol–water partition coefficient (Wildman–Crippen LogP) is 2.27. The van der Waals surface area contributed by atoms with Gasteiger partial charge in [0.25, 0.3) is 0 Å². The normalized spacial score (nSPS) is 20.6. The van der Waals surface area contributed by atoms with Crippen LogP contribution in [0.2, 0.25) is 4.34 Å². The first-order valence-corrected chi connectivity index (χ1v) is 7.49. The average molecular weight is 301 g/mol. The summed E-state index contributed by atoms with van der Waals surface area (Å²) >= 11 is 7.36. The molecule has 19 heavy (non-hydrogen) atoms. The topological polar surface area (TPSA) is 49.4 Å². The summed E-state index contributed by atoms with van der Waals surface area (Å²) in [6.45, 7) is 4.86. The van der Waals surface area contributed by atoms with E-state index in [9.17, 15) is 9.59 Å². The first-order valence-electron chi connectivity index (χ1n) is 6.29. The molecule has 0 saturated carbocycles. The number of thiophene rings is 1. The first-order chi connectivity index (χ1) is 8.97. The summed E-state index contributed by atoms with van der Waals surface area (Å²) in [5, 5.41) is 2.80. The number of hydrogen-bond donors (Lipinski definition) is 1. The van der Waals surface area contributed by atoms with Crippen LogP contribution in [0.4, 0.5) is 0 Å². The zero-order valence-electron chi connectivity index (χ0n) is 11.0. The van der Waals surface area contributed by atoms with E-state index < -0.39 is 6.04 Å². The lowest BCUT2D eigenvalue weighted by atomic mass is 10.0. The summed E-state index contributed by atoms with van der Waals surface area (Å²) in [6.07, 6.45) is 0.355. The van der Waals surface area contributed by atoms with E-state index in [0.717, 1.165) is 4.88 Å². The maximum atomic E-state index is 12.4. The third kappa shape index (κ3) is 3.48. The highest BCUT2D eigenvalue weighted by Gasteiger charge is 2.31. The van der Waals surface area contributed by atoms with Gasteiger partial charge in [-0.05, 0) is 18.1 Å². The van der Waals surface area contributed by atoms with Gasteiger partial charge >= 0.3 is 0 Å². The number of amides is 2. The van der Waals surface area contributed by atoms with Crippen LogP contribution >= 0.6 is 22.9 Å². The third-order valence-electron chi connectivity index (χ3n) is 3.15. The summed E-state index contributed by atoms with van der Waals surface area (Å²) in [6, 6.07) is 3.32. The summed E-state index contributed by atoms with van der Waals surface area (Å²) in [7, 11) is 0. The van der Waals surface area contributed by atoms with Crippen molar-refractivity contribution in [3.63, 3.8) is 0 Å². The molecule has 1 atom stereocenters. The van der Waals surface area contributed by atoms with E-state index in [1.807, 2.05) is 26.0 Å². The van der Waals surface area contributed by atoms with Crippen LogP contribution in [0.1, 0.15) is 25.1 Å². The fraction of sp³-hybridized carbons (Fsp3) is 0.538. The van der Waals surface area contributed by atoms with Crippen molar-refractivity contribution in [2.75, 3.05) is 6.54 Å². The van der Waals surface area contributed by atoms with Gasteiger partial charge in [0.05, 0.1) is 10.9 Å². The lowest BCUT2D eigenvalue weighted by Gasteiger charge is -2.25. The zero-order chi connectivity index (χ0) is 14.0. The zero-order valence-corrected chi connectivity index (χ0v) is 12.6. The van der Waals surface area contributed by atoms with Crippen molar-refractivity contribution in [2.24, 2.45) is 5.92 Å². The van der Waals surface area contributed by atoms with Crippen molar-refractivity contribution in [3.05, 3.63) is 21.3 Å². The van der Waals surface area contributed by atoms with Gasteiger partial charge in [-0.1, -0.05) is 25.4 Å². The van der Waals surface area contributed by atoms with E-state index in [1.165, 1.54) is 11.3 Å². The van der Waals surface area contributed by atoms with Crippen LogP contribution < -0.4 is 5.32 Å². The van der Waals surface area contributed by atoms with E-state index in [2.05, 4.69) is 5.32 Å². The molecule has 1 N–H and O–H groups in total. The van der Waals surface area contributed by atoms with Crippen LogP contribution in [0, 0.1) is 5.92 Å². The highest BCUT2D eigenvalue weighted by Crippen LogP contribution is 2.23. The Morgan fingerprint density at radius 2 is 2.21 bits per heavy atom. The van der Waals surface area contributed by atoms with Gasteiger partial charge in [-0.25, -0.2) is 0 Å². The Bertz CT molecular complexity index is 487. The molecule has 2 amide bonds. The van der Waals surface area contributed by atoms with Gasteiger partial charge in [-0.3, -0.25) is 9.59 Å². The molecule has 1 aromatic rings. The average Bonchev–Trinajstić information content (AvgIpc) is 2.69. The number of nitrogens with zero attached hydrogens (tertiary/aromatic N) is 1. The molecule has 4 nitrogen and oxygen atoms in total. The molecule has 6 heteroatoms. The van der Waals surface area contributed by atoms with Crippen LogP contribution in [-0.2, 0) is 16.1 Å². The van der Waals surface area contributed by atoms with E-state index in [0.29, 0.717) is 23.8 Å². The Morgan fingerprint density at radius 3 is 2.79 bits per heavy atom. The highest BCUT2D eigenvalue weighted by atomic mass is 35.5. The molecule has 1 aliphatic rings. The lowest BCUT2D eigenvalue weighted by molar-refractivity contribution is -0.135. The minimum absolute atomic E-state index is 0.00891. The van der Waals surface area contributed by atoms with Crippen LogP contribution in [-0.4, -0.2) is 29.3 Å². The molecule has 0 aliphatic carbocycles. The predicted molar refractivity (Wildman–Crippen MR) is 76.1 cm³/mol. The van der Waals surface area contributed by atoms with Crippen molar-refractivity contribution in [2.45, 2.75) is 32.9 Å². The molecule has 1 fully saturated rings. The maximum Gasteiger partial charge on any atom is 0.245 e. The van der Waals surface area contributed by atoms with Gasteiger partial charge < -0.3 is 10.2 Å². The monoisotopic (exact) mass is 300 g/mol. The van der Waals surface area contributed by atoms with E-state index in [1.54, 1.807) is 4.90 Å². The number of hydrogen-bond acceptors (Lipinski definition) is 3. The maximum absolute atomic E-state index is 12.4. The summed E-state index contributed by atoms with van der Waals surface area (Å²) in [5.74, 6) is 0.0214. The lowest BCUT2D eigenvalue weighted by Crippen LogP contribution is -2.47. The van der Waals surface area contributed by atoms with Crippen molar-refractivity contribution >= 4 is 34.8 Å². The van der Waals surface area contributed by atoms with Gasteiger partial charge in [0.15, 0.2) is 0 Å². The summed E-state index contributed by atoms with van der Waals surface area (Å²) in [5.41, 5.74) is 0. The smallest absolute Gasteiger partial charge is 0.245 e. The molecule has 104 valence electrons. The molecule has 1 unspecified atom stereocenters. The molecule has 1 aliphatic heterocycles. The second-order valence-corrected chi connectivity index (χ2v) is 6.80. The van der Waals surface area contributed by atoms with Crippen molar-refractivity contribution in [3.8, 4) is 0 Å². The molecule has 1 saturated heterocycles. The van der Waals surface area contributed by atoms with Crippen LogP contribution in [0.5, 0.6) is 0 Å². The van der Waals surface area contributed by atoms with Crippen LogP contribution in [0.25, 0.3) is 0 Å². The van der Waals surface area contributed by atoms with Gasteiger partial charge in [-0.15, -0.1) is 11.3 Å². The van der Waals surface area contributed by atoms with Crippen molar-refractivity contribution in [1.82, 2.24) is 10.2 Å². The highest BCUT2D eigenvalue weighted by molar-refractivity contribution is 7.16. The molecule has 0 spiro atoms.